The van der Waals surface area contributed by atoms with E-state index in [1.807, 2.05) is 41.0 Å². The summed E-state index contributed by atoms with van der Waals surface area (Å²) in [7, 11) is 0. The Morgan fingerprint density at radius 2 is 1.87 bits per heavy atom. The summed E-state index contributed by atoms with van der Waals surface area (Å²) in [5, 5.41) is 22.7. The molecular formula is C23H17N5O2. The second kappa shape index (κ2) is 8.44. The third kappa shape index (κ3) is 4.27. The number of hydrogen-bond donors (Lipinski definition) is 1. The van der Waals surface area contributed by atoms with Crippen LogP contribution < -0.4 is 0 Å². The first-order chi connectivity index (χ1) is 14.6. The van der Waals surface area contributed by atoms with Crippen LogP contribution in [0.15, 0.2) is 65.6 Å². The molecule has 0 unspecified atom stereocenters. The fraction of sp³-hybridized carbons (Fsp3) is 0.130. The van der Waals surface area contributed by atoms with Crippen molar-refractivity contribution in [3.05, 3.63) is 89.4 Å². The van der Waals surface area contributed by atoms with Crippen LogP contribution >= 0.6 is 0 Å². The van der Waals surface area contributed by atoms with Crippen LogP contribution in [0.3, 0.4) is 0 Å². The van der Waals surface area contributed by atoms with E-state index in [1.165, 1.54) is 0 Å². The second-order valence-electron chi connectivity index (χ2n) is 6.64. The molecular weight excluding hydrogens is 378 g/mol. The Morgan fingerprint density at radius 3 is 2.57 bits per heavy atom. The molecule has 1 atom stereocenters. The Labute approximate surface area is 173 Å². The molecule has 4 rings (SSSR count). The van der Waals surface area contributed by atoms with E-state index in [2.05, 4.69) is 27.0 Å². The Balaban J connectivity index is 1.46. The standard InChI is InChI=1S/C23H17N5O2/c1-16(29)23-25-10-11-28(23)15-21-12-22(30-27-21)19-7-4-17(5-8-19)2-3-18-6-9-20(13-24)26-14-18/h4-12,14,16,29H,15H2,1H3/t16-/m0/s1. The van der Waals surface area contributed by atoms with Crippen molar-refractivity contribution < 1.29 is 9.63 Å². The monoisotopic (exact) mass is 395 g/mol. The minimum Gasteiger partial charge on any atom is -0.385 e. The van der Waals surface area contributed by atoms with Gasteiger partial charge in [-0.3, -0.25) is 0 Å². The SMILES string of the molecule is C[C@H](O)c1nccn1Cc1cc(-c2ccc(C#Cc3ccc(C#N)nc3)cc2)on1. The highest BCUT2D eigenvalue weighted by molar-refractivity contribution is 5.59. The van der Waals surface area contributed by atoms with Crippen LogP contribution in [-0.2, 0) is 6.54 Å². The van der Waals surface area contributed by atoms with E-state index in [0.29, 0.717) is 23.8 Å². The number of rotatable bonds is 4. The fourth-order valence-electron chi connectivity index (χ4n) is 2.92. The van der Waals surface area contributed by atoms with Crippen LogP contribution in [0.5, 0.6) is 0 Å². The van der Waals surface area contributed by atoms with Gasteiger partial charge in [0.2, 0.25) is 0 Å². The van der Waals surface area contributed by atoms with E-state index < -0.39 is 6.10 Å². The molecule has 0 saturated carbocycles. The zero-order valence-corrected chi connectivity index (χ0v) is 16.1. The van der Waals surface area contributed by atoms with Gasteiger partial charge in [0.15, 0.2) is 5.76 Å². The second-order valence-corrected chi connectivity index (χ2v) is 6.64. The van der Waals surface area contributed by atoms with Gasteiger partial charge in [0.25, 0.3) is 0 Å². The number of imidazole rings is 1. The highest BCUT2D eigenvalue weighted by Gasteiger charge is 2.12. The first-order valence-electron chi connectivity index (χ1n) is 9.25. The molecule has 0 spiro atoms. The number of nitrogens with zero attached hydrogens (tertiary/aromatic N) is 5. The van der Waals surface area contributed by atoms with Crippen molar-refractivity contribution in [3.8, 4) is 29.2 Å². The largest absolute Gasteiger partial charge is 0.385 e. The maximum absolute atomic E-state index is 9.77. The molecule has 1 aromatic carbocycles. The van der Waals surface area contributed by atoms with Gasteiger partial charge < -0.3 is 14.2 Å². The fourth-order valence-corrected chi connectivity index (χ4v) is 2.92. The summed E-state index contributed by atoms with van der Waals surface area (Å²) in [6, 6.07) is 14.9. The maximum atomic E-state index is 9.77. The van der Waals surface area contributed by atoms with Crippen molar-refractivity contribution in [2.75, 3.05) is 0 Å². The van der Waals surface area contributed by atoms with Gasteiger partial charge in [-0.05, 0) is 43.3 Å². The molecule has 0 saturated heterocycles. The number of aliphatic hydroxyl groups excluding tert-OH is 1. The lowest BCUT2D eigenvalue weighted by Gasteiger charge is -2.07. The third-order valence-corrected chi connectivity index (χ3v) is 4.41. The molecule has 0 amide bonds. The Kier molecular flexibility index (Phi) is 5.38. The maximum Gasteiger partial charge on any atom is 0.167 e. The summed E-state index contributed by atoms with van der Waals surface area (Å²) in [6.07, 6.45) is 4.38. The quantitative estimate of drug-likeness (QED) is 0.532. The molecule has 0 bridgehead atoms. The van der Waals surface area contributed by atoms with Crippen molar-refractivity contribution in [3.63, 3.8) is 0 Å². The van der Waals surface area contributed by atoms with Gasteiger partial charge in [0.1, 0.15) is 29.4 Å². The van der Waals surface area contributed by atoms with E-state index in [-0.39, 0.29) is 0 Å². The van der Waals surface area contributed by atoms with Crippen molar-refractivity contribution in [2.24, 2.45) is 0 Å². The van der Waals surface area contributed by atoms with E-state index in [0.717, 1.165) is 22.4 Å². The number of aromatic nitrogens is 4. The Morgan fingerprint density at radius 1 is 1.10 bits per heavy atom. The van der Waals surface area contributed by atoms with Crippen LogP contribution in [0.2, 0.25) is 0 Å². The van der Waals surface area contributed by atoms with Crippen LogP contribution in [0.1, 0.15) is 41.4 Å². The average molecular weight is 395 g/mol. The summed E-state index contributed by atoms with van der Waals surface area (Å²) < 4.78 is 7.31. The highest BCUT2D eigenvalue weighted by Crippen LogP contribution is 2.22. The van der Waals surface area contributed by atoms with E-state index in [1.54, 1.807) is 37.6 Å². The third-order valence-electron chi connectivity index (χ3n) is 4.41. The lowest BCUT2D eigenvalue weighted by Crippen LogP contribution is -2.07. The van der Waals surface area contributed by atoms with Crippen molar-refractivity contribution in [2.45, 2.75) is 19.6 Å². The van der Waals surface area contributed by atoms with Gasteiger partial charge in [-0.15, -0.1) is 0 Å². The lowest BCUT2D eigenvalue weighted by molar-refractivity contribution is 0.184. The molecule has 4 aromatic rings. The first-order valence-corrected chi connectivity index (χ1v) is 9.25. The molecule has 7 heteroatoms. The van der Waals surface area contributed by atoms with Crippen LogP contribution in [-0.4, -0.2) is 24.8 Å². The molecule has 0 aliphatic carbocycles. The van der Waals surface area contributed by atoms with E-state index in [9.17, 15) is 5.11 Å². The van der Waals surface area contributed by atoms with Gasteiger partial charge >= 0.3 is 0 Å². The number of aliphatic hydroxyl groups is 1. The predicted octanol–water partition coefficient (Wildman–Crippen LogP) is 3.31. The van der Waals surface area contributed by atoms with E-state index in [4.69, 9.17) is 9.78 Å². The zero-order chi connectivity index (χ0) is 20.9. The number of benzene rings is 1. The summed E-state index contributed by atoms with van der Waals surface area (Å²) >= 11 is 0. The molecule has 7 nitrogen and oxygen atoms in total. The Hall–Kier alpha value is -4.20. The van der Waals surface area contributed by atoms with Gasteiger partial charge in [0, 0.05) is 41.3 Å². The predicted molar refractivity (Wildman–Crippen MR) is 109 cm³/mol. The minimum absolute atomic E-state index is 0.367. The summed E-state index contributed by atoms with van der Waals surface area (Å²) in [4.78, 5) is 8.16. The lowest BCUT2D eigenvalue weighted by atomic mass is 10.1. The first kappa shape index (κ1) is 19.1. The number of hydrogen-bond acceptors (Lipinski definition) is 6. The summed E-state index contributed by atoms with van der Waals surface area (Å²) in [6.45, 7) is 2.14. The molecule has 30 heavy (non-hydrogen) atoms. The van der Waals surface area contributed by atoms with Crippen molar-refractivity contribution in [1.29, 1.82) is 5.26 Å². The minimum atomic E-state index is -0.653. The van der Waals surface area contributed by atoms with Crippen LogP contribution in [0.25, 0.3) is 11.3 Å². The summed E-state index contributed by atoms with van der Waals surface area (Å²) in [5.74, 6) is 7.34. The molecule has 0 aliphatic heterocycles. The zero-order valence-electron chi connectivity index (χ0n) is 16.1. The number of nitriles is 1. The molecule has 0 fully saturated rings. The topological polar surface area (TPSA) is 101 Å². The van der Waals surface area contributed by atoms with Crippen LogP contribution in [0, 0.1) is 23.2 Å². The molecule has 3 heterocycles. The molecule has 146 valence electrons. The average Bonchev–Trinajstić information content (AvgIpc) is 3.43. The molecule has 1 N–H and O–H groups in total. The van der Waals surface area contributed by atoms with Crippen molar-refractivity contribution in [1.82, 2.24) is 19.7 Å². The van der Waals surface area contributed by atoms with Crippen LogP contribution in [0.4, 0.5) is 0 Å². The van der Waals surface area contributed by atoms with Crippen molar-refractivity contribution >= 4 is 0 Å². The van der Waals surface area contributed by atoms with Gasteiger partial charge in [-0.25, -0.2) is 9.97 Å². The number of pyridine rings is 1. The Bertz CT molecular complexity index is 1250. The molecule has 0 radical (unpaired) electrons. The van der Waals surface area contributed by atoms with Gasteiger partial charge in [0.05, 0.1) is 6.54 Å². The smallest absolute Gasteiger partial charge is 0.167 e. The highest BCUT2D eigenvalue weighted by atomic mass is 16.5. The van der Waals surface area contributed by atoms with E-state index >= 15 is 0 Å². The summed E-state index contributed by atoms with van der Waals surface area (Å²) in [5.41, 5.74) is 3.59. The molecule has 0 aliphatic rings. The van der Waals surface area contributed by atoms with Gasteiger partial charge in [-0.2, -0.15) is 5.26 Å². The van der Waals surface area contributed by atoms with Gasteiger partial charge in [-0.1, -0.05) is 17.0 Å². The normalized spacial score (nSPS) is 11.4. The molecule has 3 aromatic heterocycles.